The number of hydrogen-bond donors (Lipinski definition) is 1. The standard InChI is InChI=1S/C18H29N5O3/c1-5-25-15-14(7-6-8-20-15)13-21-16(19)22-9-11-23(12-10-22)17(24)26-18(2,3)4/h6-8H,5,9-13H2,1-4H3,(H2,19,21). The van der Waals surface area contributed by atoms with Gasteiger partial charge in [0.2, 0.25) is 5.88 Å². The van der Waals surface area contributed by atoms with Crippen LogP contribution in [-0.2, 0) is 11.3 Å². The van der Waals surface area contributed by atoms with Crippen molar-refractivity contribution >= 4 is 12.1 Å². The number of rotatable bonds is 4. The van der Waals surface area contributed by atoms with Crippen molar-refractivity contribution in [3.63, 3.8) is 0 Å². The van der Waals surface area contributed by atoms with Gasteiger partial charge in [0.05, 0.1) is 13.2 Å². The molecular formula is C18H29N5O3. The molecule has 2 N–H and O–H groups in total. The molecule has 1 aliphatic rings. The number of hydrogen-bond acceptors (Lipinski definition) is 5. The Balaban J connectivity index is 1.89. The lowest BCUT2D eigenvalue weighted by molar-refractivity contribution is 0.0186. The number of carbonyl (C=O) groups excluding carboxylic acids is 1. The summed E-state index contributed by atoms with van der Waals surface area (Å²) in [6, 6.07) is 3.78. The molecule has 8 heteroatoms. The number of pyridine rings is 1. The summed E-state index contributed by atoms with van der Waals surface area (Å²) in [7, 11) is 0. The Labute approximate surface area is 155 Å². The fraction of sp³-hybridized carbons (Fsp3) is 0.611. The van der Waals surface area contributed by atoms with Crippen LogP contribution in [0.3, 0.4) is 0 Å². The summed E-state index contributed by atoms with van der Waals surface area (Å²) < 4.78 is 10.9. The largest absolute Gasteiger partial charge is 0.478 e. The Hall–Kier alpha value is -2.51. The minimum atomic E-state index is -0.489. The van der Waals surface area contributed by atoms with Gasteiger partial charge in [-0.1, -0.05) is 6.07 Å². The number of guanidine groups is 1. The molecule has 0 spiro atoms. The smallest absolute Gasteiger partial charge is 0.410 e. The number of carbonyl (C=O) groups is 1. The highest BCUT2D eigenvalue weighted by Gasteiger charge is 2.26. The van der Waals surface area contributed by atoms with Crippen LogP contribution in [0.1, 0.15) is 33.3 Å². The number of piperazine rings is 1. The molecule has 0 aliphatic carbocycles. The van der Waals surface area contributed by atoms with Gasteiger partial charge in [0.25, 0.3) is 0 Å². The van der Waals surface area contributed by atoms with Crippen LogP contribution in [0.15, 0.2) is 23.3 Å². The number of ether oxygens (including phenoxy) is 2. The SMILES string of the molecule is CCOc1ncccc1CN=C(N)N1CCN(C(=O)OC(C)(C)C)CC1. The van der Waals surface area contributed by atoms with Crippen molar-refractivity contribution < 1.29 is 14.3 Å². The molecule has 1 aromatic rings. The Bertz CT molecular complexity index is 634. The molecule has 0 saturated carbocycles. The van der Waals surface area contributed by atoms with E-state index in [4.69, 9.17) is 15.2 Å². The average molecular weight is 363 g/mol. The van der Waals surface area contributed by atoms with Gasteiger partial charge < -0.3 is 25.0 Å². The molecule has 8 nitrogen and oxygen atoms in total. The zero-order chi connectivity index (χ0) is 19.2. The molecule has 0 bridgehead atoms. The highest BCUT2D eigenvalue weighted by molar-refractivity contribution is 5.78. The summed E-state index contributed by atoms with van der Waals surface area (Å²) in [6.07, 6.45) is 1.40. The lowest BCUT2D eigenvalue weighted by atomic mass is 10.2. The van der Waals surface area contributed by atoms with Gasteiger partial charge in [0.15, 0.2) is 5.96 Å². The quantitative estimate of drug-likeness (QED) is 0.648. The predicted molar refractivity (Wildman–Crippen MR) is 100 cm³/mol. The molecule has 1 fully saturated rings. The van der Waals surface area contributed by atoms with E-state index in [1.165, 1.54) is 0 Å². The number of amides is 1. The molecule has 2 heterocycles. The Morgan fingerprint density at radius 1 is 1.27 bits per heavy atom. The molecule has 0 unspecified atom stereocenters. The van der Waals surface area contributed by atoms with Crippen LogP contribution in [0, 0.1) is 0 Å². The number of aromatic nitrogens is 1. The van der Waals surface area contributed by atoms with Gasteiger partial charge >= 0.3 is 6.09 Å². The molecule has 2 rings (SSSR count). The number of aliphatic imine (C=N–C) groups is 1. The summed E-state index contributed by atoms with van der Waals surface area (Å²) in [5, 5.41) is 0. The molecule has 1 aliphatic heterocycles. The second kappa shape index (κ2) is 8.73. The Morgan fingerprint density at radius 2 is 1.92 bits per heavy atom. The van der Waals surface area contributed by atoms with E-state index >= 15 is 0 Å². The predicted octanol–water partition coefficient (Wildman–Crippen LogP) is 1.85. The third-order valence-electron chi connectivity index (χ3n) is 3.80. The van der Waals surface area contributed by atoms with Gasteiger partial charge in [-0.3, -0.25) is 0 Å². The van der Waals surface area contributed by atoms with Crippen LogP contribution in [0.25, 0.3) is 0 Å². The van der Waals surface area contributed by atoms with Crippen molar-refractivity contribution in [3.05, 3.63) is 23.9 Å². The highest BCUT2D eigenvalue weighted by Crippen LogP contribution is 2.16. The topological polar surface area (TPSA) is 93.3 Å². The third kappa shape index (κ3) is 5.79. The molecule has 0 radical (unpaired) electrons. The molecule has 0 atom stereocenters. The van der Waals surface area contributed by atoms with Gasteiger partial charge in [-0.15, -0.1) is 0 Å². The fourth-order valence-corrected chi connectivity index (χ4v) is 2.52. The normalized spacial score (nSPS) is 15.8. The van der Waals surface area contributed by atoms with Crippen LogP contribution in [-0.4, -0.2) is 65.2 Å². The van der Waals surface area contributed by atoms with Gasteiger partial charge in [0, 0.05) is 37.9 Å². The molecular weight excluding hydrogens is 334 g/mol. The van der Waals surface area contributed by atoms with Crippen molar-refractivity contribution in [1.29, 1.82) is 0 Å². The molecule has 1 saturated heterocycles. The first kappa shape index (κ1) is 19.8. The Morgan fingerprint density at radius 3 is 2.54 bits per heavy atom. The van der Waals surface area contributed by atoms with Gasteiger partial charge in [0.1, 0.15) is 5.60 Å². The zero-order valence-electron chi connectivity index (χ0n) is 16.1. The summed E-state index contributed by atoms with van der Waals surface area (Å²) in [5.74, 6) is 1.04. The summed E-state index contributed by atoms with van der Waals surface area (Å²) in [5.41, 5.74) is 6.53. The summed E-state index contributed by atoms with van der Waals surface area (Å²) in [6.45, 7) is 10.8. The molecule has 0 aromatic carbocycles. The lowest BCUT2D eigenvalue weighted by Crippen LogP contribution is -2.53. The van der Waals surface area contributed by atoms with E-state index in [1.54, 1.807) is 11.1 Å². The molecule has 1 amide bonds. The second-order valence-corrected chi connectivity index (χ2v) is 7.03. The number of nitrogens with zero attached hydrogens (tertiary/aromatic N) is 4. The minimum absolute atomic E-state index is 0.288. The van der Waals surface area contributed by atoms with Gasteiger partial charge in [-0.05, 0) is 33.8 Å². The van der Waals surface area contributed by atoms with E-state index in [2.05, 4.69) is 9.98 Å². The van der Waals surface area contributed by atoms with Crippen molar-refractivity contribution in [2.75, 3.05) is 32.8 Å². The number of nitrogens with two attached hydrogens (primary N) is 1. The fourth-order valence-electron chi connectivity index (χ4n) is 2.52. The first-order chi connectivity index (χ1) is 12.3. The highest BCUT2D eigenvalue weighted by atomic mass is 16.6. The molecule has 1 aromatic heterocycles. The maximum absolute atomic E-state index is 12.1. The first-order valence-electron chi connectivity index (χ1n) is 8.89. The average Bonchev–Trinajstić information content (AvgIpc) is 2.59. The monoisotopic (exact) mass is 363 g/mol. The zero-order valence-corrected chi connectivity index (χ0v) is 16.1. The van der Waals surface area contributed by atoms with Crippen LogP contribution >= 0.6 is 0 Å². The first-order valence-corrected chi connectivity index (χ1v) is 8.89. The maximum atomic E-state index is 12.1. The Kier molecular flexibility index (Phi) is 6.65. The molecule has 144 valence electrons. The van der Waals surface area contributed by atoms with Crippen molar-refractivity contribution in [2.45, 2.75) is 39.8 Å². The summed E-state index contributed by atoms with van der Waals surface area (Å²) >= 11 is 0. The second-order valence-electron chi connectivity index (χ2n) is 7.03. The summed E-state index contributed by atoms with van der Waals surface area (Å²) in [4.78, 5) is 24.4. The van der Waals surface area contributed by atoms with Crippen molar-refractivity contribution in [1.82, 2.24) is 14.8 Å². The van der Waals surface area contributed by atoms with Crippen molar-refractivity contribution in [2.24, 2.45) is 10.7 Å². The molecule has 26 heavy (non-hydrogen) atoms. The van der Waals surface area contributed by atoms with E-state index in [0.717, 1.165) is 5.56 Å². The van der Waals surface area contributed by atoms with Crippen LogP contribution < -0.4 is 10.5 Å². The van der Waals surface area contributed by atoms with E-state index in [9.17, 15) is 4.79 Å². The van der Waals surface area contributed by atoms with Gasteiger partial charge in [-0.25, -0.2) is 14.8 Å². The maximum Gasteiger partial charge on any atom is 0.410 e. The minimum Gasteiger partial charge on any atom is -0.478 e. The van der Waals surface area contributed by atoms with E-state index in [-0.39, 0.29) is 6.09 Å². The van der Waals surface area contributed by atoms with Crippen LogP contribution in [0.5, 0.6) is 5.88 Å². The lowest BCUT2D eigenvalue weighted by Gasteiger charge is -2.36. The van der Waals surface area contributed by atoms with Crippen LogP contribution in [0.2, 0.25) is 0 Å². The van der Waals surface area contributed by atoms with E-state index < -0.39 is 5.60 Å². The van der Waals surface area contributed by atoms with E-state index in [1.807, 2.05) is 44.7 Å². The van der Waals surface area contributed by atoms with Crippen LogP contribution in [0.4, 0.5) is 4.79 Å². The van der Waals surface area contributed by atoms with E-state index in [0.29, 0.717) is 51.2 Å². The third-order valence-corrected chi connectivity index (χ3v) is 3.80. The van der Waals surface area contributed by atoms with Gasteiger partial charge in [-0.2, -0.15) is 0 Å². The van der Waals surface area contributed by atoms with Crippen molar-refractivity contribution in [3.8, 4) is 5.88 Å².